The van der Waals surface area contributed by atoms with Crippen molar-refractivity contribution in [3.8, 4) is 0 Å². The van der Waals surface area contributed by atoms with Gasteiger partial charge in [0.1, 0.15) is 5.82 Å². The Balaban J connectivity index is 2.08. The molecule has 2 aromatic heterocycles. The van der Waals surface area contributed by atoms with Gasteiger partial charge in [-0.15, -0.1) is 11.3 Å². The van der Waals surface area contributed by atoms with Crippen molar-refractivity contribution in [3.63, 3.8) is 0 Å². The maximum Gasteiger partial charge on any atom is 0.141 e. The number of nitrogens with zero attached hydrogens (tertiary/aromatic N) is 1. The second-order valence-corrected chi connectivity index (χ2v) is 6.14. The van der Waals surface area contributed by atoms with E-state index in [1.807, 2.05) is 12.1 Å². The molecule has 2 nitrogen and oxygen atoms in total. The molecule has 2 heterocycles. The van der Waals surface area contributed by atoms with Gasteiger partial charge in [0.2, 0.25) is 0 Å². The predicted octanol–water partition coefficient (Wildman–Crippen LogP) is 4.74. The van der Waals surface area contributed by atoms with Gasteiger partial charge in [-0.25, -0.2) is 4.39 Å². The lowest BCUT2D eigenvalue weighted by Crippen LogP contribution is -2.24. The fraction of sp³-hybridized carbons (Fsp3) is 0.357. The molecular weight excluding hydrogens is 283 g/mol. The molecule has 2 rings (SSSR count). The summed E-state index contributed by atoms with van der Waals surface area (Å²) in [4.78, 5) is 5.33. The molecule has 19 heavy (non-hydrogen) atoms. The summed E-state index contributed by atoms with van der Waals surface area (Å²) in [5, 5.41) is 3.50. The molecule has 2 atom stereocenters. The Labute approximate surface area is 121 Å². The molecule has 0 aliphatic carbocycles. The van der Waals surface area contributed by atoms with Gasteiger partial charge in [-0.3, -0.25) is 4.98 Å². The number of thiophene rings is 1. The summed E-state index contributed by atoms with van der Waals surface area (Å²) >= 11 is 7.51. The second-order valence-electron chi connectivity index (χ2n) is 4.39. The van der Waals surface area contributed by atoms with E-state index in [1.54, 1.807) is 17.4 Å². The molecule has 0 bridgehead atoms. The van der Waals surface area contributed by atoms with Gasteiger partial charge in [0.25, 0.3) is 0 Å². The minimum atomic E-state index is -0.309. The molecular formula is C14H16ClFN2S. The molecule has 0 saturated carbocycles. The average molecular weight is 299 g/mol. The van der Waals surface area contributed by atoms with E-state index in [0.29, 0.717) is 0 Å². The third-order valence-corrected chi connectivity index (χ3v) is 4.40. The second kappa shape index (κ2) is 6.46. The van der Waals surface area contributed by atoms with Crippen LogP contribution < -0.4 is 5.32 Å². The fourth-order valence-electron chi connectivity index (χ4n) is 1.95. The Morgan fingerprint density at radius 3 is 2.68 bits per heavy atom. The van der Waals surface area contributed by atoms with Crippen molar-refractivity contribution >= 4 is 22.9 Å². The lowest BCUT2D eigenvalue weighted by atomic mass is 10.1. The first-order chi connectivity index (χ1) is 9.10. The molecule has 0 amide bonds. The largest absolute Gasteiger partial charge is 0.301 e. The van der Waals surface area contributed by atoms with Crippen LogP contribution in [0.1, 0.15) is 42.9 Å². The Bertz CT molecular complexity index is 526. The van der Waals surface area contributed by atoms with Gasteiger partial charge >= 0.3 is 0 Å². The molecule has 0 aliphatic heterocycles. The van der Waals surface area contributed by atoms with Gasteiger partial charge < -0.3 is 5.32 Å². The summed E-state index contributed by atoms with van der Waals surface area (Å²) < 4.78 is 13.7. The highest BCUT2D eigenvalue weighted by molar-refractivity contribution is 7.16. The summed E-state index contributed by atoms with van der Waals surface area (Å²) in [6, 6.07) is 7.39. The van der Waals surface area contributed by atoms with E-state index in [1.165, 1.54) is 17.1 Å². The van der Waals surface area contributed by atoms with Gasteiger partial charge in [-0.2, -0.15) is 0 Å². The standard InChI is InChI=1S/C14H16ClFN2S/c1-3-11(12-5-4-10(16)8-17-12)18-9(2)13-6-7-14(15)19-13/h4-9,11,18H,3H2,1-2H3. The lowest BCUT2D eigenvalue weighted by molar-refractivity contribution is 0.450. The molecule has 0 aliphatic rings. The topological polar surface area (TPSA) is 24.9 Å². The SMILES string of the molecule is CCC(NC(C)c1ccc(Cl)s1)c1ccc(F)cn1. The Kier molecular flexibility index (Phi) is 4.91. The van der Waals surface area contributed by atoms with Gasteiger partial charge in [-0.1, -0.05) is 18.5 Å². The van der Waals surface area contributed by atoms with Gasteiger partial charge in [-0.05, 0) is 37.6 Å². The van der Waals surface area contributed by atoms with Crippen molar-refractivity contribution in [2.24, 2.45) is 0 Å². The van der Waals surface area contributed by atoms with E-state index in [4.69, 9.17) is 11.6 Å². The van der Waals surface area contributed by atoms with Crippen molar-refractivity contribution in [3.05, 3.63) is 51.2 Å². The molecule has 5 heteroatoms. The van der Waals surface area contributed by atoms with E-state index in [-0.39, 0.29) is 17.9 Å². The summed E-state index contributed by atoms with van der Waals surface area (Å²) in [6.45, 7) is 4.17. The average Bonchev–Trinajstić information content (AvgIpc) is 2.84. The van der Waals surface area contributed by atoms with Crippen molar-refractivity contribution < 1.29 is 4.39 Å². The summed E-state index contributed by atoms with van der Waals surface area (Å²) in [7, 11) is 0. The van der Waals surface area contributed by atoms with Crippen LogP contribution in [0.25, 0.3) is 0 Å². The van der Waals surface area contributed by atoms with Crippen LogP contribution in [0.4, 0.5) is 4.39 Å². The molecule has 2 aromatic rings. The monoisotopic (exact) mass is 298 g/mol. The maximum atomic E-state index is 12.9. The van der Waals surface area contributed by atoms with Crippen LogP contribution in [-0.4, -0.2) is 4.98 Å². The third-order valence-electron chi connectivity index (χ3n) is 2.99. The zero-order chi connectivity index (χ0) is 13.8. The first-order valence-electron chi connectivity index (χ1n) is 6.23. The van der Waals surface area contributed by atoms with E-state index < -0.39 is 0 Å². The molecule has 1 N–H and O–H groups in total. The van der Waals surface area contributed by atoms with E-state index in [0.717, 1.165) is 16.5 Å². The highest BCUT2D eigenvalue weighted by Gasteiger charge is 2.16. The molecule has 2 unspecified atom stereocenters. The molecule has 102 valence electrons. The van der Waals surface area contributed by atoms with Crippen molar-refractivity contribution in [1.29, 1.82) is 0 Å². The smallest absolute Gasteiger partial charge is 0.141 e. The van der Waals surface area contributed by atoms with Crippen LogP contribution >= 0.6 is 22.9 Å². The van der Waals surface area contributed by atoms with Crippen LogP contribution in [-0.2, 0) is 0 Å². The van der Waals surface area contributed by atoms with Gasteiger partial charge in [0.15, 0.2) is 0 Å². The quantitative estimate of drug-likeness (QED) is 0.862. The lowest BCUT2D eigenvalue weighted by Gasteiger charge is -2.21. The highest BCUT2D eigenvalue weighted by Crippen LogP contribution is 2.28. The summed E-state index contributed by atoms with van der Waals surface area (Å²) in [5.74, 6) is -0.309. The Morgan fingerprint density at radius 1 is 1.37 bits per heavy atom. The first-order valence-corrected chi connectivity index (χ1v) is 7.42. The van der Waals surface area contributed by atoms with Gasteiger partial charge in [0.05, 0.1) is 16.2 Å². The minimum Gasteiger partial charge on any atom is -0.301 e. The molecule has 0 radical (unpaired) electrons. The van der Waals surface area contributed by atoms with Crippen molar-refractivity contribution in [2.75, 3.05) is 0 Å². The van der Waals surface area contributed by atoms with Crippen LogP contribution in [0.3, 0.4) is 0 Å². The zero-order valence-electron chi connectivity index (χ0n) is 10.9. The van der Waals surface area contributed by atoms with Crippen LogP contribution in [0.15, 0.2) is 30.5 Å². The number of aromatic nitrogens is 1. The highest BCUT2D eigenvalue weighted by atomic mass is 35.5. The minimum absolute atomic E-state index is 0.108. The number of halogens is 2. The number of rotatable bonds is 5. The molecule has 0 saturated heterocycles. The van der Waals surface area contributed by atoms with E-state index in [2.05, 4.69) is 24.1 Å². The number of nitrogens with one attached hydrogen (secondary N) is 1. The van der Waals surface area contributed by atoms with Crippen molar-refractivity contribution in [1.82, 2.24) is 10.3 Å². The normalized spacial score (nSPS) is 14.3. The molecule has 0 aromatic carbocycles. The molecule has 0 spiro atoms. The third kappa shape index (κ3) is 3.75. The van der Waals surface area contributed by atoms with Crippen LogP contribution in [0.2, 0.25) is 4.34 Å². The van der Waals surface area contributed by atoms with Gasteiger partial charge in [0, 0.05) is 17.0 Å². The number of pyridine rings is 1. The fourth-order valence-corrected chi connectivity index (χ4v) is 3.02. The molecule has 0 fully saturated rings. The summed E-state index contributed by atoms with van der Waals surface area (Å²) in [5.41, 5.74) is 0.860. The number of hydrogen-bond donors (Lipinski definition) is 1. The van der Waals surface area contributed by atoms with Crippen LogP contribution in [0.5, 0.6) is 0 Å². The Hall–Kier alpha value is -0.970. The summed E-state index contributed by atoms with van der Waals surface area (Å²) in [6.07, 6.45) is 2.15. The van der Waals surface area contributed by atoms with Crippen molar-refractivity contribution in [2.45, 2.75) is 32.4 Å². The maximum absolute atomic E-state index is 12.9. The first kappa shape index (κ1) is 14.4. The van der Waals surface area contributed by atoms with E-state index in [9.17, 15) is 4.39 Å². The Morgan fingerprint density at radius 2 is 2.16 bits per heavy atom. The predicted molar refractivity (Wildman–Crippen MR) is 78.1 cm³/mol. The van der Waals surface area contributed by atoms with E-state index >= 15 is 0 Å². The van der Waals surface area contributed by atoms with Crippen LogP contribution in [0, 0.1) is 5.82 Å². The zero-order valence-corrected chi connectivity index (χ0v) is 12.4. The number of hydrogen-bond acceptors (Lipinski definition) is 3.